The van der Waals surface area contributed by atoms with Gasteiger partial charge in [0.05, 0.1) is 0 Å². The van der Waals surface area contributed by atoms with Crippen molar-refractivity contribution in [3.8, 4) is 0 Å². The Bertz CT molecular complexity index is 437. The van der Waals surface area contributed by atoms with Crippen LogP contribution in [0.3, 0.4) is 0 Å². The van der Waals surface area contributed by atoms with E-state index in [2.05, 4.69) is 39.8 Å². The predicted octanol–water partition coefficient (Wildman–Crippen LogP) is 4.47. The number of benzene rings is 1. The summed E-state index contributed by atoms with van der Waals surface area (Å²) in [5, 5.41) is 0. The monoisotopic (exact) mass is 289 g/mol. The second-order valence-corrected chi connectivity index (χ2v) is 6.84. The molecule has 21 heavy (non-hydrogen) atoms. The fraction of sp³-hybridized carbons (Fsp3) is 0.632. The van der Waals surface area contributed by atoms with E-state index in [1.807, 2.05) is 12.1 Å². The third-order valence-corrected chi connectivity index (χ3v) is 4.12. The molecule has 0 aliphatic carbocycles. The standard InChI is InChI=1S/C19H31NO/c1-14(2)12-16-6-5-7-18(13-16)19(21)9-8-17(10-11-20)15(3)4/h5-7,13-15,17H,8-12,20H2,1-4H3. The smallest absolute Gasteiger partial charge is 0.162 e. The van der Waals surface area contributed by atoms with E-state index in [4.69, 9.17) is 5.73 Å². The van der Waals surface area contributed by atoms with Gasteiger partial charge in [-0.25, -0.2) is 0 Å². The minimum Gasteiger partial charge on any atom is -0.330 e. The molecule has 0 saturated heterocycles. The highest BCUT2D eigenvalue weighted by atomic mass is 16.1. The van der Waals surface area contributed by atoms with Crippen molar-refractivity contribution in [3.05, 3.63) is 35.4 Å². The number of nitrogens with two attached hydrogens (primary N) is 1. The Morgan fingerprint density at radius 2 is 1.86 bits per heavy atom. The molecule has 0 amide bonds. The Kier molecular flexibility index (Phi) is 7.66. The molecular formula is C19H31NO. The van der Waals surface area contributed by atoms with Crippen LogP contribution in [0.4, 0.5) is 0 Å². The van der Waals surface area contributed by atoms with Gasteiger partial charge in [0, 0.05) is 12.0 Å². The van der Waals surface area contributed by atoms with Gasteiger partial charge in [-0.1, -0.05) is 45.9 Å². The van der Waals surface area contributed by atoms with Crippen molar-refractivity contribution in [2.75, 3.05) is 6.54 Å². The van der Waals surface area contributed by atoms with E-state index in [0.717, 1.165) is 24.8 Å². The van der Waals surface area contributed by atoms with E-state index in [0.29, 0.717) is 30.7 Å². The Labute approximate surface area is 130 Å². The van der Waals surface area contributed by atoms with Crippen LogP contribution in [-0.4, -0.2) is 12.3 Å². The molecule has 2 heteroatoms. The molecule has 0 aliphatic rings. The van der Waals surface area contributed by atoms with Crippen LogP contribution in [0.1, 0.15) is 62.9 Å². The second kappa shape index (κ2) is 8.99. The van der Waals surface area contributed by atoms with Crippen LogP contribution < -0.4 is 5.73 Å². The van der Waals surface area contributed by atoms with E-state index in [-0.39, 0.29) is 5.78 Å². The third-order valence-electron chi connectivity index (χ3n) is 4.12. The van der Waals surface area contributed by atoms with Crippen LogP contribution in [0.15, 0.2) is 24.3 Å². The SMILES string of the molecule is CC(C)Cc1cccc(C(=O)CCC(CCN)C(C)C)c1. The zero-order valence-corrected chi connectivity index (χ0v) is 14.1. The number of Topliss-reactive ketones (excluding diaryl/α,β-unsaturated/α-hetero) is 1. The second-order valence-electron chi connectivity index (χ2n) is 6.84. The lowest BCUT2D eigenvalue weighted by atomic mass is 9.87. The van der Waals surface area contributed by atoms with Crippen molar-refractivity contribution in [1.29, 1.82) is 0 Å². The molecule has 0 spiro atoms. The van der Waals surface area contributed by atoms with E-state index < -0.39 is 0 Å². The van der Waals surface area contributed by atoms with E-state index >= 15 is 0 Å². The largest absolute Gasteiger partial charge is 0.330 e. The summed E-state index contributed by atoms with van der Waals surface area (Å²) in [6.45, 7) is 9.55. The molecular weight excluding hydrogens is 258 g/mol. The first-order chi connectivity index (χ1) is 9.93. The topological polar surface area (TPSA) is 43.1 Å². The summed E-state index contributed by atoms with van der Waals surface area (Å²) in [5.41, 5.74) is 7.79. The lowest BCUT2D eigenvalue weighted by Gasteiger charge is -2.19. The summed E-state index contributed by atoms with van der Waals surface area (Å²) in [5.74, 6) is 2.03. The van der Waals surface area contributed by atoms with Crippen LogP contribution in [-0.2, 0) is 6.42 Å². The Balaban J connectivity index is 2.62. The van der Waals surface area contributed by atoms with Gasteiger partial charge in [-0.2, -0.15) is 0 Å². The van der Waals surface area contributed by atoms with E-state index in [9.17, 15) is 4.79 Å². The number of rotatable bonds is 9. The first-order valence-corrected chi connectivity index (χ1v) is 8.26. The number of ketones is 1. The van der Waals surface area contributed by atoms with Gasteiger partial charge in [-0.3, -0.25) is 4.79 Å². The molecule has 1 aromatic rings. The highest BCUT2D eigenvalue weighted by Crippen LogP contribution is 2.22. The lowest BCUT2D eigenvalue weighted by Crippen LogP contribution is -2.16. The van der Waals surface area contributed by atoms with Crippen molar-refractivity contribution in [2.45, 2.75) is 53.4 Å². The summed E-state index contributed by atoms with van der Waals surface area (Å²) in [6, 6.07) is 8.13. The molecule has 0 fully saturated rings. The summed E-state index contributed by atoms with van der Waals surface area (Å²) in [6.07, 6.45) is 3.62. The van der Waals surface area contributed by atoms with Crippen molar-refractivity contribution < 1.29 is 4.79 Å². The van der Waals surface area contributed by atoms with Gasteiger partial charge in [0.15, 0.2) is 5.78 Å². The van der Waals surface area contributed by atoms with Gasteiger partial charge in [0.1, 0.15) is 0 Å². The molecule has 0 heterocycles. The molecule has 2 N–H and O–H groups in total. The normalized spacial score (nSPS) is 12.9. The van der Waals surface area contributed by atoms with Gasteiger partial charge >= 0.3 is 0 Å². The maximum absolute atomic E-state index is 12.4. The minimum absolute atomic E-state index is 0.267. The third kappa shape index (κ3) is 6.43. The molecule has 118 valence electrons. The summed E-state index contributed by atoms with van der Waals surface area (Å²) in [4.78, 5) is 12.4. The quantitative estimate of drug-likeness (QED) is 0.682. The van der Waals surface area contributed by atoms with Crippen LogP contribution >= 0.6 is 0 Å². The van der Waals surface area contributed by atoms with Crippen molar-refractivity contribution in [1.82, 2.24) is 0 Å². The van der Waals surface area contributed by atoms with Crippen LogP contribution in [0.2, 0.25) is 0 Å². The van der Waals surface area contributed by atoms with Gasteiger partial charge < -0.3 is 5.73 Å². The van der Waals surface area contributed by atoms with Crippen molar-refractivity contribution >= 4 is 5.78 Å². The van der Waals surface area contributed by atoms with Crippen molar-refractivity contribution in [3.63, 3.8) is 0 Å². The number of hydrogen-bond acceptors (Lipinski definition) is 2. The van der Waals surface area contributed by atoms with Crippen LogP contribution in [0, 0.1) is 17.8 Å². The average Bonchev–Trinajstić information content (AvgIpc) is 2.42. The minimum atomic E-state index is 0.267. The van der Waals surface area contributed by atoms with Gasteiger partial charge in [0.2, 0.25) is 0 Å². The first kappa shape index (κ1) is 17.9. The molecule has 1 atom stereocenters. The highest BCUT2D eigenvalue weighted by Gasteiger charge is 2.15. The van der Waals surface area contributed by atoms with Gasteiger partial charge in [0.25, 0.3) is 0 Å². The summed E-state index contributed by atoms with van der Waals surface area (Å²) in [7, 11) is 0. The van der Waals surface area contributed by atoms with Crippen LogP contribution in [0.25, 0.3) is 0 Å². The highest BCUT2D eigenvalue weighted by molar-refractivity contribution is 5.96. The van der Waals surface area contributed by atoms with Gasteiger partial charge in [-0.05, 0) is 55.2 Å². The molecule has 2 nitrogen and oxygen atoms in total. The average molecular weight is 289 g/mol. The maximum atomic E-state index is 12.4. The zero-order chi connectivity index (χ0) is 15.8. The zero-order valence-electron chi connectivity index (χ0n) is 14.1. The van der Waals surface area contributed by atoms with Gasteiger partial charge in [-0.15, -0.1) is 0 Å². The lowest BCUT2D eigenvalue weighted by molar-refractivity contribution is 0.0969. The molecule has 1 unspecified atom stereocenters. The van der Waals surface area contributed by atoms with E-state index in [1.54, 1.807) is 0 Å². The maximum Gasteiger partial charge on any atom is 0.162 e. The number of carbonyl (C=O) groups is 1. The fourth-order valence-electron chi connectivity index (χ4n) is 2.83. The molecule has 0 saturated carbocycles. The van der Waals surface area contributed by atoms with Crippen LogP contribution in [0.5, 0.6) is 0 Å². The predicted molar refractivity (Wildman–Crippen MR) is 90.5 cm³/mol. The molecule has 1 aromatic carbocycles. The number of hydrogen-bond donors (Lipinski definition) is 1. The Morgan fingerprint density at radius 1 is 1.14 bits per heavy atom. The molecule has 1 rings (SSSR count). The summed E-state index contributed by atoms with van der Waals surface area (Å²) >= 11 is 0. The molecule has 0 bridgehead atoms. The Hall–Kier alpha value is -1.15. The van der Waals surface area contributed by atoms with E-state index in [1.165, 1.54) is 5.56 Å². The fourth-order valence-corrected chi connectivity index (χ4v) is 2.83. The molecule has 0 radical (unpaired) electrons. The molecule has 0 aliphatic heterocycles. The summed E-state index contributed by atoms with van der Waals surface area (Å²) < 4.78 is 0. The molecule has 0 aromatic heterocycles. The number of carbonyl (C=O) groups excluding carboxylic acids is 1. The Morgan fingerprint density at radius 3 is 2.43 bits per heavy atom. The van der Waals surface area contributed by atoms with Crippen molar-refractivity contribution in [2.24, 2.45) is 23.5 Å². The first-order valence-electron chi connectivity index (χ1n) is 8.26.